The van der Waals surface area contributed by atoms with Gasteiger partial charge in [-0.05, 0) is 43.5 Å². The molecule has 1 aliphatic rings. The van der Waals surface area contributed by atoms with Crippen molar-refractivity contribution in [3.8, 4) is 0 Å². The van der Waals surface area contributed by atoms with Gasteiger partial charge in [-0.15, -0.1) is 0 Å². The number of rotatable bonds is 5. The van der Waals surface area contributed by atoms with Gasteiger partial charge in [-0.1, -0.05) is 34.5 Å². The Bertz CT molecular complexity index is 397. The third-order valence-electron chi connectivity index (χ3n) is 3.99. The Labute approximate surface area is 123 Å². The first-order valence-electron chi connectivity index (χ1n) is 7.08. The molecule has 0 amide bonds. The van der Waals surface area contributed by atoms with Gasteiger partial charge in [-0.25, -0.2) is 0 Å². The van der Waals surface area contributed by atoms with Crippen LogP contribution in [-0.2, 0) is 0 Å². The van der Waals surface area contributed by atoms with Gasteiger partial charge >= 0.3 is 0 Å². The van der Waals surface area contributed by atoms with Gasteiger partial charge < -0.3 is 10.8 Å². The fourth-order valence-corrected chi connectivity index (χ4v) is 3.49. The van der Waals surface area contributed by atoms with Crippen LogP contribution in [0.3, 0.4) is 0 Å². The molecule has 2 rings (SSSR count). The minimum atomic E-state index is 0.259. The quantitative estimate of drug-likeness (QED) is 0.874. The number of likely N-dealkylation sites (tertiary alicyclic amines) is 1. The minimum absolute atomic E-state index is 0.259. The fraction of sp³-hybridized carbons (Fsp3) is 0.600. The summed E-state index contributed by atoms with van der Waals surface area (Å²) in [5, 5.41) is 9.24. The molecule has 1 aromatic carbocycles. The molecule has 106 valence electrons. The number of nitrogens with two attached hydrogens (primary N) is 1. The van der Waals surface area contributed by atoms with E-state index in [2.05, 4.69) is 39.0 Å². The third kappa shape index (κ3) is 3.78. The van der Waals surface area contributed by atoms with Gasteiger partial charge in [0.05, 0.1) is 0 Å². The minimum Gasteiger partial charge on any atom is -0.396 e. The Morgan fingerprint density at radius 2 is 2.26 bits per heavy atom. The second kappa shape index (κ2) is 7.39. The second-order valence-corrected chi connectivity index (χ2v) is 6.12. The molecular formula is C15H23BrN2O. The molecule has 2 atom stereocenters. The van der Waals surface area contributed by atoms with E-state index in [4.69, 9.17) is 5.73 Å². The molecule has 19 heavy (non-hydrogen) atoms. The standard InChI is InChI=1S/C15H23BrN2O/c16-13-5-3-4-12(10-13)15(11-17)18-8-2-1-6-14(18)7-9-19/h3-5,10,14-15,19H,1-2,6-9,11,17H2. The molecule has 0 saturated carbocycles. The molecule has 4 heteroatoms. The molecule has 1 saturated heterocycles. The van der Waals surface area contributed by atoms with Crippen molar-refractivity contribution in [2.45, 2.75) is 37.8 Å². The zero-order valence-corrected chi connectivity index (χ0v) is 12.8. The smallest absolute Gasteiger partial charge is 0.0473 e. The summed E-state index contributed by atoms with van der Waals surface area (Å²) in [5.74, 6) is 0. The van der Waals surface area contributed by atoms with Crippen molar-refractivity contribution in [1.82, 2.24) is 4.90 Å². The maximum atomic E-state index is 9.24. The number of hydrogen-bond acceptors (Lipinski definition) is 3. The van der Waals surface area contributed by atoms with Crippen LogP contribution in [0.1, 0.15) is 37.3 Å². The van der Waals surface area contributed by atoms with Crippen molar-refractivity contribution in [3.05, 3.63) is 34.3 Å². The predicted molar refractivity (Wildman–Crippen MR) is 82.0 cm³/mol. The summed E-state index contributed by atoms with van der Waals surface area (Å²) in [4.78, 5) is 2.49. The normalized spacial score (nSPS) is 22.4. The van der Waals surface area contributed by atoms with Crippen LogP contribution in [0.2, 0.25) is 0 Å². The van der Waals surface area contributed by atoms with Crippen molar-refractivity contribution in [2.24, 2.45) is 5.73 Å². The van der Waals surface area contributed by atoms with E-state index in [1.165, 1.54) is 24.8 Å². The van der Waals surface area contributed by atoms with E-state index < -0.39 is 0 Å². The van der Waals surface area contributed by atoms with Crippen LogP contribution in [0.5, 0.6) is 0 Å². The van der Waals surface area contributed by atoms with Crippen LogP contribution in [-0.4, -0.2) is 35.7 Å². The van der Waals surface area contributed by atoms with E-state index in [0.717, 1.165) is 17.4 Å². The third-order valence-corrected chi connectivity index (χ3v) is 4.49. The molecule has 3 nitrogen and oxygen atoms in total. The monoisotopic (exact) mass is 326 g/mol. The summed E-state index contributed by atoms with van der Waals surface area (Å²) in [5.41, 5.74) is 7.29. The maximum absolute atomic E-state index is 9.24. The van der Waals surface area contributed by atoms with Crippen LogP contribution in [0.4, 0.5) is 0 Å². The van der Waals surface area contributed by atoms with Crippen LogP contribution >= 0.6 is 15.9 Å². The molecule has 0 spiro atoms. The molecule has 0 radical (unpaired) electrons. The van der Waals surface area contributed by atoms with E-state index in [-0.39, 0.29) is 12.6 Å². The fourth-order valence-electron chi connectivity index (χ4n) is 3.07. The number of aliphatic hydroxyl groups excluding tert-OH is 1. The van der Waals surface area contributed by atoms with Gasteiger partial charge in [0.25, 0.3) is 0 Å². The molecule has 3 N–H and O–H groups in total. The highest BCUT2D eigenvalue weighted by Crippen LogP contribution is 2.30. The Morgan fingerprint density at radius 1 is 1.42 bits per heavy atom. The van der Waals surface area contributed by atoms with Crippen LogP contribution < -0.4 is 5.73 Å². The Kier molecular flexibility index (Phi) is 5.82. The molecule has 1 aliphatic heterocycles. The molecule has 1 fully saturated rings. The van der Waals surface area contributed by atoms with Crippen LogP contribution in [0.25, 0.3) is 0 Å². The topological polar surface area (TPSA) is 49.5 Å². The highest BCUT2D eigenvalue weighted by Gasteiger charge is 2.28. The number of piperidine rings is 1. The molecule has 0 bridgehead atoms. The first-order chi connectivity index (χ1) is 9.26. The van der Waals surface area contributed by atoms with Gasteiger partial charge in [0.15, 0.2) is 0 Å². The van der Waals surface area contributed by atoms with Crippen molar-refractivity contribution in [2.75, 3.05) is 19.7 Å². The van der Waals surface area contributed by atoms with E-state index in [0.29, 0.717) is 12.6 Å². The Morgan fingerprint density at radius 3 is 2.95 bits per heavy atom. The second-order valence-electron chi connectivity index (χ2n) is 5.21. The number of aliphatic hydroxyl groups is 1. The lowest BCUT2D eigenvalue weighted by atomic mass is 9.94. The van der Waals surface area contributed by atoms with Crippen molar-refractivity contribution in [3.63, 3.8) is 0 Å². The van der Waals surface area contributed by atoms with Gasteiger partial charge in [-0.3, -0.25) is 4.90 Å². The zero-order chi connectivity index (χ0) is 13.7. The van der Waals surface area contributed by atoms with Gasteiger partial charge in [0, 0.05) is 29.7 Å². The van der Waals surface area contributed by atoms with Crippen molar-refractivity contribution < 1.29 is 5.11 Å². The summed E-state index contributed by atoms with van der Waals surface area (Å²) in [6, 6.07) is 9.13. The maximum Gasteiger partial charge on any atom is 0.0473 e. The van der Waals surface area contributed by atoms with Gasteiger partial charge in [0.2, 0.25) is 0 Å². The first-order valence-corrected chi connectivity index (χ1v) is 7.87. The highest BCUT2D eigenvalue weighted by molar-refractivity contribution is 9.10. The molecule has 0 aromatic heterocycles. The van der Waals surface area contributed by atoms with E-state index in [9.17, 15) is 5.11 Å². The Hall–Kier alpha value is -0.420. The zero-order valence-electron chi connectivity index (χ0n) is 11.3. The predicted octanol–water partition coefficient (Wildman–Crippen LogP) is 2.69. The van der Waals surface area contributed by atoms with E-state index in [1.807, 2.05) is 6.07 Å². The average molecular weight is 327 g/mol. The first kappa shape index (κ1) is 15.0. The molecule has 1 heterocycles. The highest BCUT2D eigenvalue weighted by atomic mass is 79.9. The summed E-state index contributed by atoms with van der Waals surface area (Å²) in [6.45, 7) is 1.97. The van der Waals surface area contributed by atoms with Crippen molar-refractivity contribution >= 4 is 15.9 Å². The van der Waals surface area contributed by atoms with Crippen LogP contribution in [0, 0.1) is 0 Å². The summed E-state index contributed by atoms with van der Waals surface area (Å²) in [6.07, 6.45) is 4.51. The lowest BCUT2D eigenvalue weighted by Crippen LogP contribution is -2.44. The summed E-state index contributed by atoms with van der Waals surface area (Å²) < 4.78 is 1.10. The molecule has 0 aliphatic carbocycles. The SMILES string of the molecule is NCC(c1cccc(Br)c1)N1CCCCC1CCO. The van der Waals surface area contributed by atoms with E-state index in [1.54, 1.807) is 0 Å². The largest absolute Gasteiger partial charge is 0.396 e. The molecular weight excluding hydrogens is 304 g/mol. The Balaban J connectivity index is 2.19. The molecule has 1 aromatic rings. The average Bonchev–Trinajstić information content (AvgIpc) is 2.42. The van der Waals surface area contributed by atoms with Gasteiger partial charge in [0.1, 0.15) is 0 Å². The number of benzene rings is 1. The lowest BCUT2D eigenvalue weighted by molar-refractivity contribution is 0.0782. The number of hydrogen-bond donors (Lipinski definition) is 2. The molecule has 2 unspecified atom stereocenters. The summed E-state index contributed by atoms with van der Waals surface area (Å²) >= 11 is 3.53. The number of nitrogens with zero attached hydrogens (tertiary/aromatic N) is 1. The van der Waals surface area contributed by atoms with Gasteiger partial charge in [-0.2, -0.15) is 0 Å². The van der Waals surface area contributed by atoms with Crippen molar-refractivity contribution in [1.29, 1.82) is 0 Å². The summed E-state index contributed by atoms with van der Waals surface area (Å²) in [7, 11) is 0. The van der Waals surface area contributed by atoms with Crippen LogP contribution in [0.15, 0.2) is 28.7 Å². The van der Waals surface area contributed by atoms with E-state index >= 15 is 0 Å². The lowest BCUT2D eigenvalue weighted by Gasteiger charge is -2.41. The number of halogens is 1.